The van der Waals surface area contributed by atoms with Crippen LogP contribution in [0.4, 0.5) is 0 Å². The Balaban J connectivity index is 1.64. The van der Waals surface area contributed by atoms with Gasteiger partial charge in [0.25, 0.3) is 5.91 Å². The molecule has 1 saturated heterocycles. The minimum absolute atomic E-state index is 0.0756. The largest absolute Gasteiger partial charge is 0.423 e. The Labute approximate surface area is 151 Å². The fraction of sp³-hybridized carbons (Fsp3) is 0.368. The summed E-state index contributed by atoms with van der Waals surface area (Å²) >= 11 is 0. The summed E-state index contributed by atoms with van der Waals surface area (Å²) in [4.78, 5) is 19.2. The molecular weight excluding hydrogens is 332 g/mol. The second-order valence-electron chi connectivity index (χ2n) is 6.63. The minimum atomic E-state index is -0.374. The van der Waals surface area contributed by atoms with E-state index in [1.54, 1.807) is 17.2 Å². The van der Waals surface area contributed by atoms with Gasteiger partial charge in [0.15, 0.2) is 0 Å². The van der Waals surface area contributed by atoms with Crippen LogP contribution >= 0.6 is 0 Å². The van der Waals surface area contributed by atoms with Crippen LogP contribution in [0, 0.1) is 0 Å². The quantitative estimate of drug-likeness (QED) is 0.721. The lowest BCUT2D eigenvalue weighted by molar-refractivity contribution is -0.0107. The third-order valence-corrected chi connectivity index (χ3v) is 4.47. The molecule has 3 heterocycles. The lowest BCUT2D eigenvalue weighted by Crippen LogP contribution is -2.43. The highest BCUT2D eigenvalue weighted by atomic mass is 16.5. The van der Waals surface area contributed by atoms with Gasteiger partial charge in [0.2, 0.25) is 11.8 Å². The number of hydrogen-bond donors (Lipinski definition) is 0. The van der Waals surface area contributed by atoms with Gasteiger partial charge in [0, 0.05) is 29.6 Å². The predicted octanol–water partition coefficient (Wildman–Crippen LogP) is 2.95. The Hall–Kier alpha value is -2.80. The Morgan fingerprint density at radius 1 is 1.27 bits per heavy atom. The molecule has 2 aromatic heterocycles. The molecule has 7 heteroatoms. The van der Waals surface area contributed by atoms with E-state index < -0.39 is 0 Å². The molecule has 1 fully saturated rings. The zero-order chi connectivity index (χ0) is 18.1. The highest BCUT2D eigenvalue weighted by Gasteiger charge is 2.33. The zero-order valence-corrected chi connectivity index (χ0v) is 14.8. The fourth-order valence-electron chi connectivity index (χ4n) is 3.04. The molecule has 1 amide bonds. The molecule has 0 radical (unpaired) electrons. The molecule has 134 valence electrons. The number of pyridine rings is 1. The van der Waals surface area contributed by atoms with Crippen LogP contribution in [0.15, 0.2) is 40.9 Å². The van der Waals surface area contributed by atoms with E-state index in [0.29, 0.717) is 37.1 Å². The number of fused-ring (bicyclic) bond motifs is 1. The van der Waals surface area contributed by atoms with Gasteiger partial charge in [-0.25, -0.2) is 0 Å². The molecule has 0 unspecified atom stereocenters. The smallest absolute Gasteiger partial charge is 0.254 e. The van der Waals surface area contributed by atoms with Crippen molar-refractivity contribution < 1.29 is 13.9 Å². The molecule has 1 atom stereocenters. The molecule has 3 aromatic rings. The van der Waals surface area contributed by atoms with E-state index in [-0.39, 0.29) is 17.9 Å². The van der Waals surface area contributed by atoms with Gasteiger partial charge in [-0.3, -0.25) is 9.78 Å². The average molecular weight is 352 g/mol. The SMILES string of the molecule is CC(C)c1nnc([C@@H]2COCCN2C(=O)c2ccc3ncccc3c2)o1. The highest BCUT2D eigenvalue weighted by molar-refractivity contribution is 5.98. The first-order chi connectivity index (χ1) is 12.6. The number of morpholine rings is 1. The molecule has 1 aromatic carbocycles. The molecular formula is C19H20N4O3. The summed E-state index contributed by atoms with van der Waals surface area (Å²) in [5.74, 6) is 1.05. The summed E-state index contributed by atoms with van der Waals surface area (Å²) in [6, 6.07) is 8.97. The minimum Gasteiger partial charge on any atom is -0.423 e. The van der Waals surface area contributed by atoms with Crippen LogP contribution in [0.1, 0.15) is 47.9 Å². The number of hydrogen-bond acceptors (Lipinski definition) is 6. The van der Waals surface area contributed by atoms with Gasteiger partial charge in [-0.1, -0.05) is 19.9 Å². The summed E-state index contributed by atoms with van der Waals surface area (Å²) in [6.07, 6.45) is 1.74. The number of nitrogens with zero attached hydrogens (tertiary/aromatic N) is 4. The van der Waals surface area contributed by atoms with Gasteiger partial charge in [-0.05, 0) is 24.3 Å². The fourth-order valence-corrected chi connectivity index (χ4v) is 3.04. The molecule has 1 aliphatic heterocycles. The first-order valence-electron chi connectivity index (χ1n) is 8.70. The normalized spacial score (nSPS) is 17.8. The number of rotatable bonds is 3. The lowest BCUT2D eigenvalue weighted by Gasteiger charge is -2.33. The Kier molecular flexibility index (Phi) is 4.38. The Bertz CT molecular complexity index is 937. The summed E-state index contributed by atoms with van der Waals surface area (Å²) in [5.41, 5.74) is 1.47. The molecule has 4 rings (SSSR count). The summed E-state index contributed by atoms with van der Waals surface area (Å²) in [6.45, 7) is 5.29. The topological polar surface area (TPSA) is 81.4 Å². The van der Waals surface area contributed by atoms with Crippen LogP contribution in [0.25, 0.3) is 10.9 Å². The monoisotopic (exact) mass is 352 g/mol. The van der Waals surface area contributed by atoms with Crippen molar-refractivity contribution >= 4 is 16.8 Å². The van der Waals surface area contributed by atoms with E-state index in [2.05, 4.69) is 15.2 Å². The standard InChI is InChI=1S/C19H20N4O3/c1-12(2)17-21-22-18(26-17)16-11-25-9-8-23(16)19(24)14-5-6-15-13(10-14)4-3-7-20-15/h3-7,10,12,16H,8-9,11H2,1-2H3/t16-/m0/s1. The summed E-state index contributed by atoms with van der Waals surface area (Å²) < 4.78 is 11.3. The molecule has 7 nitrogen and oxygen atoms in total. The predicted molar refractivity (Wildman–Crippen MR) is 94.7 cm³/mol. The van der Waals surface area contributed by atoms with Crippen LogP contribution in [-0.2, 0) is 4.74 Å². The molecule has 0 N–H and O–H groups in total. The van der Waals surface area contributed by atoms with E-state index in [0.717, 1.165) is 10.9 Å². The van der Waals surface area contributed by atoms with E-state index in [1.807, 2.05) is 38.1 Å². The second kappa shape index (κ2) is 6.84. The second-order valence-corrected chi connectivity index (χ2v) is 6.63. The van der Waals surface area contributed by atoms with Crippen LogP contribution in [0.2, 0.25) is 0 Å². The van der Waals surface area contributed by atoms with Crippen molar-refractivity contribution in [1.82, 2.24) is 20.1 Å². The first-order valence-corrected chi connectivity index (χ1v) is 8.70. The molecule has 0 aliphatic carbocycles. The van der Waals surface area contributed by atoms with Gasteiger partial charge in [0.1, 0.15) is 6.04 Å². The summed E-state index contributed by atoms with van der Waals surface area (Å²) in [7, 11) is 0. The van der Waals surface area contributed by atoms with Crippen molar-refractivity contribution in [3.8, 4) is 0 Å². The summed E-state index contributed by atoms with van der Waals surface area (Å²) in [5, 5.41) is 9.15. The highest BCUT2D eigenvalue weighted by Crippen LogP contribution is 2.27. The maximum absolute atomic E-state index is 13.1. The lowest BCUT2D eigenvalue weighted by atomic mass is 10.1. The van der Waals surface area contributed by atoms with E-state index in [1.165, 1.54) is 0 Å². The Morgan fingerprint density at radius 2 is 2.15 bits per heavy atom. The van der Waals surface area contributed by atoms with Crippen LogP contribution < -0.4 is 0 Å². The number of aromatic nitrogens is 3. The molecule has 0 saturated carbocycles. The third kappa shape index (κ3) is 3.06. The molecule has 0 spiro atoms. The maximum atomic E-state index is 13.1. The Morgan fingerprint density at radius 3 is 2.96 bits per heavy atom. The molecule has 0 bridgehead atoms. The third-order valence-electron chi connectivity index (χ3n) is 4.47. The molecule has 1 aliphatic rings. The average Bonchev–Trinajstić information content (AvgIpc) is 3.17. The van der Waals surface area contributed by atoms with Crippen molar-refractivity contribution in [1.29, 1.82) is 0 Å². The number of ether oxygens (including phenoxy) is 1. The molecule has 26 heavy (non-hydrogen) atoms. The zero-order valence-electron chi connectivity index (χ0n) is 14.8. The van der Waals surface area contributed by atoms with Gasteiger partial charge in [-0.15, -0.1) is 10.2 Å². The number of carbonyl (C=O) groups is 1. The van der Waals surface area contributed by atoms with Crippen molar-refractivity contribution in [2.24, 2.45) is 0 Å². The van der Waals surface area contributed by atoms with Crippen molar-refractivity contribution in [3.05, 3.63) is 53.9 Å². The van der Waals surface area contributed by atoms with E-state index in [4.69, 9.17) is 9.15 Å². The van der Waals surface area contributed by atoms with Crippen molar-refractivity contribution in [3.63, 3.8) is 0 Å². The first kappa shape index (κ1) is 16.7. The number of amides is 1. The van der Waals surface area contributed by atoms with Crippen LogP contribution in [-0.4, -0.2) is 45.7 Å². The van der Waals surface area contributed by atoms with Crippen LogP contribution in [0.5, 0.6) is 0 Å². The van der Waals surface area contributed by atoms with Crippen molar-refractivity contribution in [2.75, 3.05) is 19.8 Å². The van der Waals surface area contributed by atoms with E-state index >= 15 is 0 Å². The van der Waals surface area contributed by atoms with Crippen molar-refractivity contribution in [2.45, 2.75) is 25.8 Å². The number of carbonyl (C=O) groups excluding carboxylic acids is 1. The van der Waals surface area contributed by atoms with Gasteiger partial charge in [0.05, 0.1) is 18.7 Å². The maximum Gasteiger partial charge on any atom is 0.254 e. The number of benzene rings is 1. The van der Waals surface area contributed by atoms with Gasteiger partial charge < -0.3 is 14.1 Å². The van der Waals surface area contributed by atoms with Gasteiger partial charge in [-0.2, -0.15) is 0 Å². The van der Waals surface area contributed by atoms with E-state index in [9.17, 15) is 4.79 Å². The van der Waals surface area contributed by atoms with Crippen LogP contribution in [0.3, 0.4) is 0 Å². The van der Waals surface area contributed by atoms with Gasteiger partial charge >= 0.3 is 0 Å².